The van der Waals surface area contributed by atoms with Crippen molar-refractivity contribution >= 4 is 17.9 Å². The zero-order valence-corrected chi connectivity index (χ0v) is 19.9. The zero-order chi connectivity index (χ0) is 23.0. The van der Waals surface area contributed by atoms with Crippen LogP contribution in [0.25, 0.3) is 0 Å². The Kier molecular flexibility index (Phi) is 7.81. The van der Waals surface area contributed by atoms with Crippen LogP contribution in [0.5, 0.6) is 0 Å². The molecule has 0 aliphatic carbocycles. The molecule has 0 saturated carbocycles. The van der Waals surface area contributed by atoms with Crippen molar-refractivity contribution in [1.82, 2.24) is 5.32 Å². The van der Waals surface area contributed by atoms with Crippen LogP contribution in [0.1, 0.15) is 44.4 Å². The van der Waals surface area contributed by atoms with Crippen LogP contribution < -0.4 is 5.32 Å². The Morgan fingerprint density at radius 2 is 1.22 bits per heavy atom. The molecular weight excluding hydrogens is 414 g/mol. The molecule has 1 unspecified atom stereocenters. The van der Waals surface area contributed by atoms with E-state index in [9.17, 15) is 4.79 Å². The van der Waals surface area contributed by atoms with Gasteiger partial charge in [-0.05, 0) is 49.8 Å². The molecule has 3 aromatic rings. The first-order valence-electron chi connectivity index (χ1n) is 10.8. The minimum Gasteiger partial charge on any atom is -0.444 e. The average molecular weight is 446 g/mol. The van der Waals surface area contributed by atoms with Crippen molar-refractivity contribution in [2.24, 2.45) is 0 Å². The van der Waals surface area contributed by atoms with E-state index >= 15 is 0 Å². The molecular formula is C28H31NO2S. The number of ether oxygens (including phenoxy) is 1. The largest absolute Gasteiger partial charge is 0.444 e. The Morgan fingerprint density at radius 1 is 0.812 bits per heavy atom. The highest BCUT2D eigenvalue weighted by atomic mass is 32.2. The summed E-state index contributed by atoms with van der Waals surface area (Å²) in [7, 11) is 0. The van der Waals surface area contributed by atoms with Gasteiger partial charge >= 0.3 is 6.09 Å². The molecule has 1 atom stereocenters. The Bertz CT molecular complexity index is 915. The summed E-state index contributed by atoms with van der Waals surface area (Å²) in [6.45, 7) is 7.51. The van der Waals surface area contributed by atoms with Crippen molar-refractivity contribution in [1.29, 1.82) is 0 Å². The van der Waals surface area contributed by atoms with E-state index in [-0.39, 0.29) is 6.04 Å². The van der Waals surface area contributed by atoms with Crippen LogP contribution in [-0.4, -0.2) is 17.7 Å². The van der Waals surface area contributed by atoms with Crippen molar-refractivity contribution < 1.29 is 9.53 Å². The highest BCUT2D eigenvalue weighted by Crippen LogP contribution is 2.48. The molecule has 32 heavy (non-hydrogen) atoms. The third-order valence-corrected chi connectivity index (χ3v) is 6.25. The van der Waals surface area contributed by atoms with E-state index in [0.717, 1.165) is 0 Å². The summed E-state index contributed by atoms with van der Waals surface area (Å²) in [6.07, 6.45) is 1.58. The molecule has 0 aliphatic heterocycles. The third kappa shape index (κ3) is 6.04. The lowest BCUT2D eigenvalue weighted by molar-refractivity contribution is 0.0518. The molecule has 0 bridgehead atoms. The van der Waals surface area contributed by atoms with Gasteiger partial charge in [0.25, 0.3) is 0 Å². The quantitative estimate of drug-likeness (QED) is 0.393. The van der Waals surface area contributed by atoms with Gasteiger partial charge in [0.15, 0.2) is 0 Å². The SMILES string of the molecule is CC(/C=C\SC(c1ccccc1)(c1ccccc1)c1ccccc1)NC(=O)OC(C)(C)C. The predicted molar refractivity (Wildman–Crippen MR) is 135 cm³/mol. The van der Waals surface area contributed by atoms with Crippen LogP contribution >= 0.6 is 11.8 Å². The fraction of sp³-hybridized carbons (Fsp3) is 0.250. The van der Waals surface area contributed by atoms with Crippen molar-refractivity contribution in [3.63, 3.8) is 0 Å². The van der Waals surface area contributed by atoms with Gasteiger partial charge in [-0.1, -0.05) is 97.1 Å². The van der Waals surface area contributed by atoms with Crippen LogP contribution in [0.2, 0.25) is 0 Å². The number of thioether (sulfide) groups is 1. The average Bonchev–Trinajstić information content (AvgIpc) is 2.77. The van der Waals surface area contributed by atoms with E-state index in [1.54, 1.807) is 11.8 Å². The molecule has 0 aromatic heterocycles. The number of nitrogens with one attached hydrogen (secondary N) is 1. The number of amides is 1. The highest BCUT2D eigenvalue weighted by Gasteiger charge is 2.36. The fourth-order valence-electron chi connectivity index (χ4n) is 3.52. The van der Waals surface area contributed by atoms with Gasteiger partial charge in [0.05, 0.1) is 4.75 Å². The molecule has 3 rings (SSSR count). The molecule has 3 aromatic carbocycles. The molecule has 0 aliphatic rings. The summed E-state index contributed by atoms with van der Waals surface area (Å²) in [5, 5.41) is 4.96. The summed E-state index contributed by atoms with van der Waals surface area (Å²) in [5.74, 6) is 0. The van der Waals surface area contributed by atoms with E-state index in [0.29, 0.717) is 0 Å². The molecule has 1 amide bonds. The van der Waals surface area contributed by atoms with Gasteiger partial charge in [0.1, 0.15) is 5.60 Å². The number of hydrogen-bond donors (Lipinski definition) is 1. The van der Waals surface area contributed by atoms with Gasteiger partial charge in [-0.3, -0.25) is 0 Å². The zero-order valence-electron chi connectivity index (χ0n) is 19.1. The molecule has 1 N–H and O–H groups in total. The second kappa shape index (κ2) is 10.6. The van der Waals surface area contributed by atoms with E-state index < -0.39 is 16.4 Å². The van der Waals surface area contributed by atoms with Gasteiger partial charge in [0.2, 0.25) is 0 Å². The number of carbonyl (C=O) groups excluding carboxylic acids is 1. The summed E-state index contributed by atoms with van der Waals surface area (Å²) in [5.41, 5.74) is 3.06. The second-order valence-corrected chi connectivity index (χ2v) is 9.78. The molecule has 0 heterocycles. The monoisotopic (exact) mass is 445 g/mol. The van der Waals surface area contributed by atoms with Gasteiger partial charge in [0, 0.05) is 6.04 Å². The molecule has 4 heteroatoms. The van der Waals surface area contributed by atoms with Crippen molar-refractivity contribution in [2.75, 3.05) is 0 Å². The minimum atomic E-state index is -0.522. The number of rotatable bonds is 7. The first-order valence-corrected chi connectivity index (χ1v) is 11.7. The van der Waals surface area contributed by atoms with Crippen LogP contribution in [-0.2, 0) is 9.48 Å². The first-order chi connectivity index (χ1) is 15.3. The Balaban J connectivity index is 1.95. The second-order valence-electron chi connectivity index (χ2n) is 8.66. The normalized spacial score (nSPS) is 13.0. The maximum atomic E-state index is 12.1. The number of carbonyl (C=O) groups is 1. The Morgan fingerprint density at radius 3 is 1.59 bits per heavy atom. The van der Waals surface area contributed by atoms with E-state index in [1.165, 1.54) is 16.7 Å². The summed E-state index contributed by atoms with van der Waals surface area (Å²) in [4.78, 5) is 12.1. The molecule has 0 fully saturated rings. The lowest BCUT2D eigenvalue weighted by Gasteiger charge is -2.34. The van der Waals surface area contributed by atoms with E-state index in [1.807, 2.05) is 52.0 Å². The van der Waals surface area contributed by atoms with Gasteiger partial charge < -0.3 is 10.1 Å². The van der Waals surface area contributed by atoms with Gasteiger partial charge in [-0.25, -0.2) is 4.79 Å². The number of benzene rings is 3. The van der Waals surface area contributed by atoms with Gasteiger partial charge in [-0.2, -0.15) is 0 Å². The number of hydrogen-bond acceptors (Lipinski definition) is 3. The number of alkyl carbamates (subject to hydrolysis) is 1. The van der Waals surface area contributed by atoms with Crippen LogP contribution in [0.4, 0.5) is 4.79 Å². The minimum absolute atomic E-state index is 0.169. The highest BCUT2D eigenvalue weighted by molar-refractivity contribution is 8.03. The van der Waals surface area contributed by atoms with Crippen LogP contribution in [0.15, 0.2) is 102 Å². The molecule has 3 nitrogen and oxygen atoms in total. The maximum Gasteiger partial charge on any atom is 0.408 e. The van der Waals surface area contributed by atoms with E-state index in [4.69, 9.17) is 4.74 Å². The van der Waals surface area contributed by atoms with E-state index in [2.05, 4.69) is 83.5 Å². The molecule has 0 saturated heterocycles. The van der Waals surface area contributed by atoms with Crippen LogP contribution in [0, 0.1) is 0 Å². The van der Waals surface area contributed by atoms with Crippen molar-refractivity contribution in [2.45, 2.75) is 44.1 Å². The Hall–Kier alpha value is -2.98. The smallest absolute Gasteiger partial charge is 0.408 e. The summed E-state index contributed by atoms with van der Waals surface area (Å²) in [6, 6.07) is 31.4. The molecule has 166 valence electrons. The van der Waals surface area contributed by atoms with Gasteiger partial charge in [-0.15, -0.1) is 11.8 Å². The molecule has 0 radical (unpaired) electrons. The Labute approximate surface area is 195 Å². The topological polar surface area (TPSA) is 38.3 Å². The standard InChI is InChI=1S/C28H31NO2S/c1-22(29-26(30)31-27(2,3)4)20-21-32-28(23-14-8-5-9-15-23,24-16-10-6-11-17-24)25-18-12-7-13-19-25/h5-22H,1-4H3,(H,29,30)/b21-20-. The summed E-state index contributed by atoms with van der Waals surface area (Å²) < 4.78 is 4.95. The summed E-state index contributed by atoms with van der Waals surface area (Å²) >= 11 is 1.72. The fourth-order valence-corrected chi connectivity index (χ4v) is 4.86. The molecule has 0 spiro atoms. The lowest BCUT2D eigenvalue weighted by atomic mass is 9.84. The first kappa shape index (κ1) is 23.7. The van der Waals surface area contributed by atoms with Crippen molar-refractivity contribution in [3.05, 3.63) is 119 Å². The third-order valence-electron chi connectivity index (χ3n) is 4.90. The van der Waals surface area contributed by atoms with Crippen LogP contribution in [0.3, 0.4) is 0 Å². The predicted octanol–water partition coefficient (Wildman–Crippen LogP) is 7.14. The lowest BCUT2D eigenvalue weighted by Crippen LogP contribution is -2.36. The maximum absolute atomic E-state index is 12.1. The van der Waals surface area contributed by atoms with Crippen molar-refractivity contribution in [3.8, 4) is 0 Å².